The predicted octanol–water partition coefficient (Wildman–Crippen LogP) is 3.26. The Bertz CT molecular complexity index is 775. The Morgan fingerprint density at radius 1 is 1.14 bits per heavy atom. The Labute approximate surface area is 164 Å². The van der Waals surface area contributed by atoms with Crippen LogP contribution in [0.25, 0.3) is 0 Å². The number of esters is 1. The molecule has 0 aliphatic carbocycles. The minimum atomic E-state index is -1.08. The summed E-state index contributed by atoms with van der Waals surface area (Å²) in [5.41, 5.74) is -1.31. The molecular formula is C20H27N3O5. The minimum absolute atomic E-state index is 0.0207. The van der Waals surface area contributed by atoms with Gasteiger partial charge in [0.2, 0.25) is 0 Å². The summed E-state index contributed by atoms with van der Waals surface area (Å²) in [6, 6.07) is 4.20. The molecule has 0 unspecified atom stereocenters. The Balaban J connectivity index is 2.28. The number of nitrogens with zero attached hydrogens (tertiary/aromatic N) is 2. The van der Waals surface area contributed by atoms with Gasteiger partial charge in [0.25, 0.3) is 5.91 Å². The third kappa shape index (κ3) is 5.80. The van der Waals surface area contributed by atoms with Crippen molar-refractivity contribution in [3.8, 4) is 0 Å². The highest BCUT2D eigenvalue weighted by Crippen LogP contribution is 2.28. The lowest BCUT2D eigenvalue weighted by Gasteiger charge is -2.28. The maximum absolute atomic E-state index is 12.8. The Hall–Kier alpha value is -2.90. The van der Waals surface area contributed by atoms with Crippen LogP contribution in [0.1, 0.15) is 48.0 Å². The van der Waals surface area contributed by atoms with Gasteiger partial charge in [0.1, 0.15) is 23.1 Å². The Morgan fingerprint density at radius 2 is 1.79 bits per heavy atom. The summed E-state index contributed by atoms with van der Waals surface area (Å²) in [5.74, 6) is -0.728. The van der Waals surface area contributed by atoms with Gasteiger partial charge in [-0.3, -0.25) is 4.79 Å². The molecule has 1 fully saturated rings. The average Bonchev–Trinajstić information content (AvgIpc) is 2.88. The van der Waals surface area contributed by atoms with Crippen molar-refractivity contribution in [1.82, 2.24) is 9.88 Å². The van der Waals surface area contributed by atoms with Crippen LogP contribution in [-0.4, -0.2) is 45.1 Å². The highest BCUT2D eigenvalue weighted by atomic mass is 16.6. The topological polar surface area (TPSA) is 97.8 Å². The van der Waals surface area contributed by atoms with Crippen molar-refractivity contribution < 1.29 is 23.9 Å². The molecule has 28 heavy (non-hydrogen) atoms. The molecule has 1 aromatic heterocycles. The molecule has 1 aromatic rings. The minimum Gasteiger partial charge on any atom is -0.458 e. The number of ether oxygens (including phenoxy) is 2. The number of anilines is 1. The van der Waals surface area contributed by atoms with Gasteiger partial charge in [-0.1, -0.05) is 6.07 Å². The number of imide groups is 1. The van der Waals surface area contributed by atoms with Crippen LogP contribution in [0.5, 0.6) is 0 Å². The van der Waals surface area contributed by atoms with E-state index in [1.165, 1.54) is 6.20 Å². The van der Waals surface area contributed by atoms with Crippen LogP contribution in [0, 0.1) is 0 Å². The summed E-state index contributed by atoms with van der Waals surface area (Å²) in [7, 11) is 0. The highest BCUT2D eigenvalue weighted by molar-refractivity contribution is 6.09. The fourth-order valence-electron chi connectivity index (χ4n) is 2.49. The summed E-state index contributed by atoms with van der Waals surface area (Å²) >= 11 is 0. The fourth-order valence-corrected chi connectivity index (χ4v) is 2.49. The molecule has 1 aliphatic heterocycles. The molecule has 152 valence electrons. The zero-order valence-corrected chi connectivity index (χ0v) is 17.1. The molecule has 0 bridgehead atoms. The molecule has 1 atom stereocenters. The van der Waals surface area contributed by atoms with Crippen molar-refractivity contribution in [2.45, 2.75) is 65.2 Å². The lowest BCUT2D eigenvalue weighted by Crippen LogP contribution is -2.47. The van der Waals surface area contributed by atoms with Crippen molar-refractivity contribution in [3.63, 3.8) is 0 Å². The molecule has 1 N–H and O–H groups in total. The van der Waals surface area contributed by atoms with Gasteiger partial charge in [-0.05, 0) is 53.7 Å². The van der Waals surface area contributed by atoms with Gasteiger partial charge in [0.15, 0.2) is 0 Å². The number of carbonyl (C=O) groups is 3. The van der Waals surface area contributed by atoms with Gasteiger partial charge >= 0.3 is 12.1 Å². The first-order valence-corrected chi connectivity index (χ1v) is 9.03. The SMILES string of the molecule is CC(C)(C)OC(=O)[C@@H]1C/C(=C\Nc2ccccn2)C(=O)N1C(=O)OC(C)(C)C. The fraction of sp³-hybridized carbons (Fsp3) is 0.500. The summed E-state index contributed by atoms with van der Waals surface area (Å²) in [6.07, 6.45) is 2.20. The number of hydrogen-bond donors (Lipinski definition) is 1. The highest BCUT2D eigenvalue weighted by Gasteiger charge is 2.47. The third-order valence-electron chi connectivity index (χ3n) is 3.55. The number of hydrogen-bond acceptors (Lipinski definition) is 7. The average molecular weight is 389 g/mol. The number of carbonyl (C=O) groups excluding carboxylic acids is 3. The van der Waals surface area contributed by atoms with Crippen molar-refractivity contribution in [2.24, 2.45) is 0 Å². The monoisotopic (exact) mass is 389 g/mol. The Kier molecular flexibility index (Phi) is 6.11. The summed E-state index contributed by atoms with van der Waals surface area (Å²) in [6.45, 7) is 10.2. The number of pyridine rings is 1. The zero-order chi connectivity index (χ0) is 21.1. The van der Waals surface area contributed by atoms with Crippen LogP contribution < -0.4 is 5.32 Å². The summed E-state index contributed by atoms with van der Waals surface area (Å²) in [4.78, 5) is 43.0. The first-order valence-electron chi connectivity index (χ1n) is 9.03. The number of likely N-dealkylation sites (tertiary alicyclic amines) is 1. The van der Waals surface area contributed by atoms with E-state index >= 15 is 0 Å². The van der Waals surface area contributed by atoms with E-state index < -0.39 is 35.2 Å². The molecule has 2 heterocycles. The molecule has 8 heteroatoms. The molecule has 0 saturated carbocycles. The van der Waals surface area contributed by atoms with Crippen LogP contribution in [0.4, 0.5) is 10.6 Å². The van der Waals surface area contributed by atoms with Crippen molar-refractivity contribution in [1.29, 1.82) is 0 Å². The van der Waals surface area contributed by atoms with E-state index in [1.807, 2.05) is 0 Å². The van der Waals surface area contributed by atoms with E-state index in [0.717, 1.165) is 4.90 Å². The molecule has 2 rings (SSSR count). The third-order valence-corrected chi connectivity index (χ3v) is 3.55. The standard InChI is InChI=1S/C20H27N3O5/c1-19(2,3)27-17(25)14-11-13(12-22-15-9-7-8-10-21-15)16(24)23(14)18(26)28-20(4,5)6/h7-10,12,14H,11H2,1-6H3,(H,21,22)/b13-12+/t14-/m0/s1. The van der Waals surface area contributed by atoms with E-state index in [0.29, 0.717) is 5.82 Å². The molecule has 1 aliphatic rings. The molecule has 0 radical (unpaired) electrons. The second-order valence-electron chi connectivity index (χ2n) is 8.44. The number of nitrogens with one attached hydrogen (secondary N) is 1. The first-order chi connectivity index (χ1) is 12.9. The van der Waals surface area contributed by atoms with Crippen molar-refractivity contribution in [2.75, 3.05) is 5.32 Å². The summed E-state index contributed by atoms with van der Waals surface area (Å²) < 4.78 is 10.7. The second kappa shape index (κ2) is 8.00. The molecular weight excluding hydrogens is 362 g/mol. The lowest BCUT2D eigenvalue weighted by atomic mass is 10.1. The van der Waals surface area contributed by atoms with Crippen LogP contribution in [-0.2, 0) is 19.1 Å². The molecule has 0 spiro atoms. The Morgan fingerprint density at radius 3 is 2.32 bits per heavy atom. The molecule has 1 saturated heterocycles. The van der Waals surface area contributed by atoms with Gasteiger partial charge in [-0.25, -0.2) is 19.5 Å². The predicted molar refractivity (Wildman–Crippen MR) is 103 cm³/mol. The van der Waals surface area contributed by atoms with Crippen LogP contribution >= 0.6 is 0 Å². The maximum atomic E-state index is 12.8. The van der Waals surface area contributed by atoms with Gasteiger partial charge in [0.05, 0.1) is 0 Å². The van der Waals surface area contributed by atoms with E-state index in [-0.39, 0.29) is 12.0 Å². The lowest BCUT2D eigenvalue weighted by molar-refractivity contribution is -0.161. The number of rotatable bonds is 3. The summed E-state index contributed by atoms with van der Waals surface area (Å²) in [5, 5.41) is 2.91. The van der Waals surface area contributed by atoms with E-state index in [9.17, 15) is 14.4 Å². The zero-order valence-electron chi connectivity index (χ0n) is 17.1. The maximum Gasteiger partial charge on any atom is 0.418 e. The number of amides is 2. The van der Waals surface area contributed by atoms with E-state index in [2.05, 4.69) is 10.3 Å². The quantitative estimate of drug-likeness (QED) is 0.626. The van der Waals surface area contributed by atoms with Gasteiger partial charge in [-0.15, -0.1) is 0 Å². The van der Waals surface area contributed by atoms with Crippen molar-refractivity contribution in [3.05, 3.63) is 36.2 Å². The largest absolute Gasteiger partial charge is 0.458 e. The van der Waals surface area contributed by atoms with E-state index in [4.69, 9.17) is 9.47 Å². The van der Waals surface area contributed by atoms with Crippen molar-refractivity contribution >= 4 is 23.8 Å². The van der Waals surface area contributed by atoms with Gasteiger partial charge in [0, 0.05) is 24.4 Å². The second-order valence-corrected chi connectivity index (χ2v) is 8.44. The van der Waals surface area contributed by atoms with Crippen LogP contribution in [0.15, 0.2) is 36.2 Å². The van der Waals surface area contributed by atoms with Crippen LogP contribution in [0.2, 0.25) is 0 Å². The van der Waals surface area contributed by atoms with Crippen LogP contribution in [0.3, 0.4) is 0 Å². The normalized spacial score (nSPS) is 18.9. The molecule has 0 aromatic carbocycles. The van der Waals surface area contributed by atoms with Gasteiger partial charge in [-0.2, -0.15) is 0 Å². The number of aromatic nitrogens is 1. The molecule has 8 nitrogen and oxygen atoms in total. The van der Waals surface area contributed by atoms with E-state index in [1.54, 1.807) is 65.9 Å². The first kappa shape index (κ1) is 21.4. The molecule has 2 amide bonds. The van der Waals surface area contributed by atoms with Gasteiger partial charge < -0.3 is 14.8 Å². The smallest absolute Gasteiger partial charge is 0.418 e.